The van der Waals surface area contributed by atoms with Gasteiger partial charge in [-0.25, -0.2) is 4.98 Å². The highest BCUT2D eigenvalue weighted by Gasteiger charge is 2.35. The summed E-state index contributed by atoms with van der Waals surface area (Å²) in [5.74, 6) is 1.09. The Morgan fingerprint density at radius 1 is 0.909 bits per heavy atom. The zero-order chi connectivity index (χ0) is 23.3. The first-order chi connectivity index (χ1) is 15.9. The molecule has 1 aliphatic carbocycles. The summed E-state index contributed by atoms with van der Waals surface area (Å²) in [6, 6.07) is 13.8. The van der Waals surface area contributed by atoms with Crippen LogP contribution in [0.2, 0.25) is 0 Å². The van der Waals surface area contributed by atoms with Crippen molar-refractivity contribution in [2.45, 2.75) is 44.9 Å². The summed E-state index contributed by atoms with van der Waals surface area (Å²) in [5, 5.41) is 5.69. The molecule has 0 radical (unpaired) electrons. The van der Waals surface area contributed by atoms with Crippen LogP contribution in [-0.4, -0.2) is 22.7 Å². The average Bonchev–Trinajstić information content (AvgIpc) is 3.29. The predicted molar refractivity (Wildman–Crippen MR) is 121 cm³/mol. The third-order valence-corrected chi connectivity index (χ3v) is 5.24. The summed E-state index contributed by atoms with van der Waals surface area (Å²) >= 11 is 0. The van der Waals surface area contributed by atoms with Gasteiger partial charge in [0.15, 0.2) is 0 Å². The summed E-state index contributed by atoms with van der Waals surface area (Å²) in [7, 11) is 0. The van der Waals surface area contributed by atoms with Crippen LogP contribution in [0.15, 0.2) is 54.7 Å². The molecule has 33 heavy (non-hydrogen) atoms. The molecule has 0 amide bonds. The van der Waals surface area contributed by atoms with E-state index in [2.05, 4.69) is 20.6 Å². The molecule has 4 rings (SSSR count). The standard InChI is InChI=1S/C24H25F3N4O2/c1-2-32-18-11-7-16(8-12-18)29-22-21(24(25,26)27)15-28-23(31-22)30-17-9-13-20(14-10-17)33-19-5-3-4-6-19/h7-15,19H,2-6H2,1H3,(H2,28,29,30,31). The van der Waals surface area contributed by atoms with Crippen molar-refractivity contribution < 1.29 is 22.6 Å². The summed E-state index contributed by atoms with van der Waals surface area (Å²) in [6.45, 7) is 2.35. The Morgan fingerprint density at radius 3 is 2.12 bits per heavy atom. The first-order valence-corrected chi connectivity index (χ1v) is 10.9. The third-order valence-electron chi connectivity index (χ3n) is 5.24. The van der Waals surface area contributed by atoms with Gasteiger partial charge in [0.25, 0.3) is 0 Å². The molecule has 0 unspecified atom stereocenters. The van der Waals surface area contributed by atoms with E-state index in [1.165, 1.54) is 12.8 Å². The maximum Gasteiger partial charge on any atom is 0.421 e. The molecule has 1 fully saturated rings. The minimum Gasteiger partial charge on any atom is -0.494 e. The molecule has 2 N–H and O–H groups in total. The SMILES string of the molecule is CCOc1ccc(Nc2nc(Nc3ccc(OC4CCCC4)cc3)ncc2C(F)(F)F)cc1. The van der Waals surface area contributed by atoms with Crippen molar-refractivity contribution in [2.24, 2.45) is 0 Å². The largest absolute Gasteiger partial charge is 0.494 e. The molecular weight excluding hydrogens is 433 g/mol. The van der Waals surface area contributed by atoms with Crippen LogP contribution in [0.4, 0.5) is 36.3 Å². The van der Waals surface area contributed by atoms with Crippen molar-refractivity contribution in [3.63, 3.8) is 0 Å². The molecular formula is C24H25F3N4O2. The normalized spacial score (nSPS) is 14.2. The van der Waals surface area contributed by atoms with Crippen molar-refractivity contribution in [1.82, 2.24) is 9.97 Å². The Bertz CT molecular complexity index is 1050. The number of halogens is 3. The molecule has 3 aromatic rings. The minimum absolute atomic E-state index is 0.0425. The second-order valence-electron chi connectivity index (χ2n) is 7.71. The van der Waals surface area contributed by atoms with Crippen LogP contribution in [0, 0.1) is 0 Å². The zero-order valence-electron chi connectivity index (χ0n) is 18.2. The summed E-state index contributed by atoms with van der Waals surface area (Å²) in [4.78, 5) is 7.93. The second kappa shape index (κ2) is 9.97. The quantitative estimate of drug-likeness (QED) is 0.391. The number of hydrogen-bond acceptors (Lipinski definition) is 6. The van der Waals surface area contributed by atoms with Gasteiger partial charge in [-0.3, -0.25) is 0 Å². The van der Waals surface area contributed by atoms with Crippen molar-refractivity contribution in [1.29, 1.82) is 0 Å². The van der Waals surface area contributed by atoms with E-state index in [4.69, 9.17) is 9.47 Å². The Balaban J connectivity index is 1.50. The fourth-order valence-electron chi connectivity index (χ4n) is 3.63. The van der Waals surface area contributed by atoms with E-state index < -0.39 is 11.7 Å². The molecule has 1 aliphatic rings. The number of alkyl halides is 3. The van der Waals surface area contributed by atoms with E-state index in [-0.39, 0.29) is 17.9 Å². The number of rotatable bonds is 8. The molecule has 1 saturated carbocycles. The first-order valence-electron chi connectivity index (χ1n) is 10.9. The van der Waals surface area contributed by atoms with Gasteiger partial charge in [-0.15, -0.1) is 0 Å². The molecule has 0 aliphatic heterocycles. The average molecular weight is 458 g/mol. The van der Waals surface area contributed by atoms with Crippen LogP contribution in [0.25, 0.3) is 0 Å². The maximum absolute atomic E-state index is 13.5. The van der Waals surface area contributed by atoms with Crippen LogP contribution in [0.3, 0.4) is 0 Å². The number of hydrogen-bond donors (Lipinski definition) is 2. The van der Waals surface area contributed by atoms with Gasteiger partial charge in [0, 0.05) is 17.6 Å². The topological polar surface area (TPSA) is 68.3 Å². The molecule has 1 heterocycles. The van der Waals surface area contributed by atoms with Crippen molar-refractivity contribution in [3.05, 3.63) is 60.3 Å². The predicted octanol–water partition coefficient (Wildman–Crippen LogP) is 6.70. The molecule has 0 spiro atoms. The van der Waals surface area contributed by atoms with Gasteiger partial charge in [-0.1, -0.05) is 0 Å². The zero-order valence-corrected chi connectivity index (χ0v) is 18.2. The van der Waals surface area contributed by atoms with Crippen LogP contribution in [0.5, 0.6) is 11.5 Å². The summed E-state index contributed by atoms with van der Waals surface area (Å²) in [5.41, 5.74) is 0.129. The van der Waals surface area contributed by atoms with E-state index in [9.17, 15) is 13.2 Å². The molecule has 0 bridgehead atoms. The van der Waals surface area contributed by atoms with Gasteiger partial charge in [-0.2, -0.15) is 18.2 Å². The fraction of sp³-hybridized carbons (Fsp3) is 0.333. The van der Waals surface area contributed by atoms with E-state index in [1.54, 1.807) is 36.4 Å². The van der Waals surface area contributed by atoms with E-state index in [1.807, 2.05) is 19.1 Å². The number of anilines is 4. The minimum atomic E-state index is -4.61. The van der Waals surface area contributed by atoms with E-state index in [0.29, 0.717) is 23.7 Å². The van der Waals surface area contributed by atoms with Gasteiger partial charge in [0.05, 0.1) is 12.7 Å². The lowest BCUT2D eigenvalue weighted by atomic mass is 10.2. The molecule has 174 valence electrons. The van der Waals surface area contributed by atoms with Crippen molar-refractivity contribution in [3.8, 4) is 11.5 Å². The molecule has 6 nitrogen and oxygen atoms in total. The van der Waals surface area contributed by atoms with Crippen molar-refractivity contribution in [2.75, 3.05) is 17.2 Å². The number of aromatic nitrogens is 2. The van der Waals surface area contributed by atoms with E-state index in [0.717, 1.165) is 24.8 Å². The highest BCUT2D eigenvalue weighted by Crippen LogP contribution is 2.35. The fourth-order valence-corrected chi connectivity index (χ4v) is 3.63. The van der Waals surface area contributed by atoms with Crippen LogP contribution >= 0.6 is 0 Å². The number of nitrogens with one attached hydrogen (secondary N) is 2. The highest BCUT2D eigenvalue weighted by molar-refractivity contribution is 5.63. The number of ether oxygens (including phenoxy) is 2. The second-order valence-corrected chi connectivity index (χ2v) is 7.71. The summed E-state index contributed by atoms with van der Waals surface area (Å²) < 4.78 is 51.8. The van der Waals surface area contributed by atoms with E-state index >= 15 is 0 Å². The van der Waals surface area contributed by atoms with Gasteiger partial charge in [0.2, 0.25) is 5.95 Å². The highest BCUT2D eigenvalue weighted by atomic mass is 19.4. The molecule has 0 saturated heterocycles. The molecule has 9 heteroatoms. The summed E-state index contributed by atoms with van der Waals surface area (Å²) in [6.07, 6.45) is 0.895. The molecule has 2 aromatic carbocycles. The van der Waals surface area contributed by atoms with Crippen LogP contribution < -0.4 is 20.1 Å². The van der Waals surface area contributed by atoms with Crippen molar-refractivity contribution >= 4 is 23.1 Å². The lowest BCUT2D eigenvalue weighted by molar-refractivity contribution is -0.137. The monoisotopic (exact) mass is 458 g/mol. The Morgan fingerprint density at radius 2 is 1.52 bits per heavy atom. The number of benzene rings is 2. The van der Waals surface area contributed by atoms with Gasteiger partial charge in [-0.05, 0) is 81.1 Å². The third kappa shape index (κ3) is 6.06. The lowest BCUT2D eigenvalue weighted by Gasteiger charge is -2.16. The Kier molecular flexibility index (Phi) is 6.86. The van der Waals surface area contributed by atoms with Crippen LogP contribution in [0.1, 0.15) is 38.2 Å². The Labute approximate surface area is 190 Å². The number of nitrogens with zero attached hydrogens (tertiary/aromatic N) is 2. The smallest absolute Gasteiger partial charge is 0.421 e. The maximum atomic E-state index is 13.5. The van der Waals surface area contributed by atoms with Gasteiger partial charge < -0.3 is 20.1 Å². The molecule has 1 aromatic heterocycles. The lowest BCUT2D eigenvalue weighted by Crippen LogP contribution is -2.12. The Hall–Kier alpha value is -3.49. The molecule has 0 atom stereocenters. The van der Waals surface area contributed by atoms with Gasteiger partial charge in [0.1, 0.15) is 22.9 Å². The first kappa shape index (κ1) is 22.7. The van der Waals surface area contributed by atoms with Crippen LogP contribution in [-0.2, 0) is 6.18 Å². The van der Waals surface area contributed by atoms with Gasteiger partial charge >= 0.3 is 6.18 Å².